The zero-order valence-electron chi connectivity index (χ0n) is 11.5. The average molecular weight is 260 g/mol. The van der Waals surface area contributed by atoms with Crippen molar-refractivity contribution >= 4 is 0 Å². The predicted octanol–water partition coefficient (Wildman–Crippen LogP) is 4.37. The fraction of sp³-hybridized carbons (Fsp3) is 0.111. The van der Waals surface area contributed by atoms with Gasteiger partial charge in [-0.25, -0.2) is 9.97 Å². The highest BCUT2D eigenvalue weighted by molar-refractivity contribution is 5.66. The van der Waals surface area contributed by atoms with Crippen LogP contribution in [0.5, 0.6) is 0 Å². The maximum atomic E-state index is 4.77. The van der Waals surface area contributed by atoms with E-state index in [0.717, 1.165) is 29.1 Å². The van der Waals surface area contributed by atoms with E-state index in [1.54, 1.807) is 0 Å². The zero-order valence-corrected chi connectivity index (χ0v) is 11.5. The van der Waals surface area contributed by atoms with E-state index in [1.807, 2.05) is 54.7 Å². The molecule has 3 rings (SSSR count). The van der Waals surface area contributed by atoms with Crippen molar-refractivity contribution in [2.75, 3.05) is 0 Å². The molecule has 0 radical (unpaired) electrons. The van der Waals surface area contributed by atoms with Crippen LogP contribution >= 0.6 is 0 Å². The summed E-state index contributed by atoms with van der Waals surface area (Å²) in [5, 5.41) is 0. The molecule has 0 bridgehead atoms. The van der Waals surface area contributed by atoms with E-state index in [1.165, 1.54) is 5.56 Å². The third-order valence-corrected chi connectivity index (χ3v) is 3.32. The molecule has 0 aliphatic carbocycles. The highest BCUT2D eigenvalue weighted by Crippen LogP contribution is 2.24. The van der Waals surface area contributed by atoms with Crippen LogP contribution in [0.15, 0.2) is 66.9 Å². The monoisotopic (exact) mass is 260 g/mol. The van der Waals surface area contributed by atoms with Gasteiger partial charge in [-0.1, -0.05) is 67.6 Å². The van der Waals surface area contributed by atoms with E-state index >= 15 is 0 Å². The Balaban J connectivity index is 2.13. The van der Waals surface area contributed by atoms with Crippen LogP contribution in [0.1, 0.15) is 12.5 Å². The van der Waals surface area contributed by atoms with Crippen LogP contribution in [-0.2, 0) is 6.42 Å². The molecule has 0 unspecified atom stereocenters. The molecular weight excluding hydrogens is 244 g/mol. The number of hydrogen-bond acceptors (Lipinski definition) is 2. The number of aryl methyl sites for hydroxylation is 1. The summed E-state index contributed by atoms with van der Waals surface area (Å²) in [6, 6.07) is 20.4. The van der Waals surface area contributed by atoms with Crippen molar-refractivity contribution in [3.05, 3.63) is 72.4 Å². The first-order valence-electron chi connectivity index (χ1n) is 6.85. The van der Waals surface area contributed by atoms with Gasteiger partial charge < -0.3 is 0 Å². The highest BCUT2D eigenvalue weighted by atomic mass is 14.9. The Morgan fingerprint density at radius 1 is 0.800 bits per heavy atom. The van der Waals surface area contributed by atoms with Crippen LogP contribution in [0.2, 0.25) is 0 Å². The summed E-state index contributed by atoms with van der Waals surface area (Å²) in [6.07, 6.45) is 2.87. The number of nitrogens with zero attached hydrogens (tertiary/aromatic N) is 2. The van der Waals surface area contributed by atoms with Gasteiger partial charge in [-0.15, -0.1) is 0 Å². The molecule has 98 valence electrons. The van der Waals surface area contributed by atoms with Crippen LogP contribution in [-0.4, -0.2) is 9.97 Å². The molecule has 0 amide bonds. The molecular formula is C18H16N2. The van der Waals surface area contributed by atoms with Crippen molar-refractivity contribution in [1.82, 2.24) is 9.97 Å². The van der Waals surface area contributed by atoms with E-state index < -0.39 is 0 Å². The standard InChI is InChI=1S/C18H16N2/c1-2-14-13-19-18(16-11-7-4-8-12-16)20-17(14)15-9-5-3-6-10-15/h3-13H,2H2,1H3. The Bertz CT molecular complexity index is 691. The topological polar surface area (TPSA) is 25.8 Å². The van der Waals surface area contributed by atoms with E-state index in [0.29, 0.717) is 0 Å². The molecule has 0 atom stereocenters. The average Bonchev–Trinajstić information content (AvgIpc) is 2.56. The molecule has 0 fully saturated rings. The molecule has 1 aromatic heterocycles. The maximum absolute atomic E-state index is 4.77. The van der Waals surface area contributed by atoms with Gasteiger partial charge in [0, 0.05) is 17.3 Å². The van der Waals surface area contributed by atoms with Gasteiger partial charge in [-0.3, -0.25) is 0 Å². The van der Waals surface area contributed by atoms with Gasteiger partial charge in [-0.2, -0.15) is 0 Å². The molecule has 2 heteroatoms. The Morgan fingerprint density at radius 2 is 1.40 bits per heavy atom. The second-order valence-electron chi connectivity index (χ2n) is 4.65. The Kier molecular flexibility index (Phi) is 3.55. The third-order valence-electron chi connectivity index (χ3n) is 3.32. The number of aromatic nitrogens is 2. The summed E-state index contributed by atoms with van der Waals surface area (Å²) in [7, 11) is 0. The molecule has 2 aromatic carbocycles. The predicted molar refractivity (Wildman–Crippen MR) is 82.3 cm³/mol. The van der Waals surface area contributed by atoms with Crippen molar-refractivity contribution in [3.63, 3.8) is 0 Å². The molecule has 0 N–H and O–H groups in total. The van der Waals surface area contributed by atoms with Crippen molar-refractivity contribution in [2.24, 2.45) is 0 Å². The number of benzene rings is 2. The summed E-state index contributed by atoms with van der Waals surface area (Å²) < 4.78 is 0. The smallest absolute Gasteiger partial charge is 0.159 e. The molecule has 1 heterocycles. The Labute approximate surface area is 119 Å². The second-order valence-corrected chi connectivity index (χ2v) is 4.65. The summed E-state index contributed by atoms with van der Waals surface area (Å²) in [4.78, 5) is 9.27. The van der Waals surface area contributed by atoms with Gasteiger partial charge in [0.05, 0.1) is 5.69 Å². The first-order chi connectivity index (χ1) is 9.88. The van der Waals surface area contributed by atoms with Gasteiger partial charge >= 0.3 is 0 Å². The first-order valence-corrected chi connectivity index (χ1v) is 6.85. The van der Waals surface area contributed by atoms with Crippen molar-refractivity contribution in [1.29, 1.82) is 0 Å². The minimum Gasteiger partial charge on any atom is -0.236 e. The summed E-state index contributed by atoms with van der Waals surface area (Å²) in [5.41, 5.74) is 4.40. The lowest BCUT2D eigenvalue weighted by atomic mass is 10.1. The van der Waals surface area contributed by atoms with Crippen LogP contribution in [0, 0.1) is 0 Å². The van der Waals surface area contributed by atoms with E-state index in [4.69, 9.17) is 4.98 Å². The summed E-state index contributed by atoms with van der Waals surface area (Å²) in [6.45, 7) is 2.13. The zero-order chi connectivity index (χ0) is 13.8. The second kappa shape index (κ2) is 5.66. The van der Waals surface area contributed by atoms with Crippen LogP contribution < -0.4 is 0 Å². The molecule has 0 aliphatic heterocycles. The number of rotatable bonds is 3. The molecule has 2 nitrogen and oxygen atoms in total. The van der Waals surface area contributed by atoms with Crippen LogP contribution in [0.25, 0.3) is 22.6 Å². The summed E-state index contributed by atoms with van der Waals surface area (Å²) in [5.74, 6) is 0.779. The Morgan fingerprint density at radius 3 is 2.00 bits per heavy atom. The fourth-order valence-electron chi connectivity index (χ4n) is 2.24. The molecule has 3 aromatic rings. The lowest BCUT2D eigenvalue weighted by molar-refractivity contribution is 1.06. The maximum Gasteiger partial charge on any atom is 0.159 e. The summed E-state index contributed by atoms with van der Waals surface area (Å²) >= 11 is 0. The quantitative estimate of drug-likeness (QED) is 0.698. The first kappa shape index (κ1) is 12.5. The molecule has 20 heavy (non-hydrogen) atoms. The SMILES string of the molecule is CCc1cnc(-c2ccccc2)nc1-c1ccccc1. The van der Waals surface area contributed by atoms with Gasteiger partial charge in [0.2, 0.25) is 0 Å². The van der Waals surface area contributed by atoms with Crippen molar-refractivity contribution in [2.45, 2.75) is 13.3 Å². The third kappa shape index (κ3) is 2.45. The van der Waals surface area contributed by atoms with E-state index in [-0.39, 0.29) is 0 Å². The minimum atomic E-state index is 0.779. The molecule has 0 spiro atoms. The van der Waals surface area contributed by atoms with Gasteiger partial charge in [0.15, 0.2) is 5.82 Å². The molecule has 0 saturated heterocycles. The van der Waals surface area contributed by atoms with Crippen molar-refractivity contribution < 1.29 is 0 Å². The normalized spacial score (nSPS) is 10.4. The van der Waals surface area contributed by atoms with E-state index in [9.17, 15) is 0 Å². The largest absolute Gasteiger partial charge is 0.236 e. The van der Waals surface area contributed by atoms with Gasteiger partial charge in [-0.05, 0) is 12.0 Å². The van der Waals surface area contributed by atoms with Gasteiger partial charge in [0.25, 0.3) is 0 Å². The fourth-order valence-corrected chi connectivity index (χ4v) is 2.24. The minimum absolute atomic E-state index is 0.779. The molecule has 0 aliphatic rings. The van der Waals surface area contributed by atoms with Crippen LogP contribution in [0.3, 0.4) is 0 Å². The van der Waals surface area contributed by atoms with Crippen molar-refractivity contribution in [3.8, 4) is 22.6 Å². The van der Waals surface area contributed by atoms with Crippen LogP contribution in [0.4, 0.5) is 0 Å². The highest BCUT2D eigenvalue weighted by Gasteiger charge is 2.09. The van der Waals surface area contributed by atoms with Gasteiger partial charge in [0.1, 0.15) is 0 Å². The lowest BCUT2D eigenvalue weighted by Crippen LogP contribution is -1.97. The molecule has 0 saturated carbocycles. The Hall–Kier alpha value is -2.48. The lowest BCUT2D eigenvalue weighted by Gasteiger charge is -2.09. The van der Waals surface area contributed by atoms with E-state index in [2.05, 4.69) is 24.0 Å². The number of hydrogen-bond donors (Lipinski definition) is 0.